The lowest BCUT2D eigenvalue weighted by Crippen LogP contribution is -2.18. The highest BCUT2D eigenvalue weighted by atomic mass is 19.4. The third kappa shape index (κ3) is 4.17. The predicted octanol–water partition coefficient (Wildman–Crippen LogP) is 2.65. The normalized spacial score (nSPS) is 10.9. The lowest BCUT2D eigenvalue weighted by atomic mass is 10.00. The minimum atomic E-state index is -4.86. The molecule has 1 aromatic carbocycles. The molecule has 0 aliphatic heterocycles. The van der Waals surface area contributed by atoms with E-state index < -0.39 is 24.5 Å². The minimum Gasteiger partial charge on any atom is -0.481 e. The second-order valence-corrected chi connectivity index (χ2v) is 3.70. The van der Waals surface area contributed by atoms with Crippen LogP contribution in [0.2, 0.25) is 0 Å². The highest BCUT2D eigenvalue weighted by Crippen LogP contribution is 2.30. The van der Waals surface area contributed by atoms with E-state index in [1.165, 1.54) is 6.07 Å². The summed E-state index contributed by atoms with van der Waals surface area (Å²) in [5.41, 5.74) is 0.225. The number of aliphatic carboxylic acids is 1. The maximum atomic E-state index is 12.2. The first kappa shape index (κ1) is 14.8. The molecule has 1 rings (SSSR count). The molecule has 0 bridgehead atoms. The lowest BCUT2D eigenvalue weighted by Gasteiger charge is -2.14. The van der Waals surface area contributed by atoms with Gasteiger partial charge < -0.3 is 9.84 Å². The lowest BCUT2D eigenvalue weighted by molar-refractivity contribution is -0.274. The Morgan fingerprint density at radius 2 is 2.05 bits per heavy atom. The van der Waals surface area contributed by atoms with Crippen LogP contribution in [0.4, 0.5) is 13.2 Å². The van der Waals surface area contributed by atoms with E-state index in [0.29, 0.717) is 0 Å². The molecular weight excluding hydrogens is 263 g/mol. The number of hydrogen-bond donors (Lipinski definition) is 1. The average molecular weight is 273 g/mol. The summed E-state index contributed by atoms with van der Waals surface area (Å²) in [5.74, 6) is -1.70. The molecule has 0 spiro atoms. The van der Waals surface area contributed by atoms with Crippen molar-refractivity contribution in [1.82, 2.24) is 0 Å². The van der Waals surface area contributed by atoms with Crippen LogP contribution in [-0.2, 0) is 17.6 Å². The number of nitriles is 1. The summed E-state index contributed by atoms with van der Waals surface area (Å²) >= 11 is 0. The van der Waals surface area contributed by atoms with Gasteiger partial charge in [-0.05, 0) is 29.7 Å². The van der Waals surface area contributed by atoms with Gasteiger partial charge in [0.1, 0.15) is 5.75 Å². The quantitative estimate of drug-likeness (QED) is 0.915. The fourth-order valence-corrected chi connectivity index (χ4v) is 1.58. The van der Waals surface area contributed by atoms with Crippen molar-refractivity contribution in [3.05, 3.63) is 28.8 Å². The van der Waals surface area contributed by atoms with Crippen molar-refractivity contribution in [3.8, 4) is 11.8 Å². The Hall–Kier alpha value is -2.23. The number of aryl methyl sites for hydroxylation is 1. The van der Waals surface area contributed by atoms with Crippen molar-refractivity contribution < 1.29 is 27.8 Å². The standard InChI is InChI=1S/C12H10F3NO3/c1-2-7-3-9(6-16)8(5-11(17)18)4-10(7)19-12(13,14)15/h3-4H,2,5H2,1H3,(H,17,18). The molecule has 0 amide bonds. The van der Waals surface area contributed by atoms with E-state index in [4.69, 9.17) is 10.4 Å². The van der Waals surface area contributed by atoms with Crippen LogP contribution in [0.5, 0.6) is 5.75 Å². The van der Waals surface area contributed by atoms with Gasteiger partial charge in [0, 0.05) is 0 Å². The van der Waals surface area contributed by atoms with E-state index in [2.05, 4.69) is 4.74 Å². The highest BCUT2D eigenvalue weighted by molar-refractivity contribution is 5.72. The Labute approximate surface area is 107 Å². The van der Waals surface area contributed by atoms with E-state index in [9.17, 15) is 18.0 Å². The summed E-state index contributed by atoms with van der Waals surface area (Å²) in [6.45, 7) is 1.61. The first-order valence-corrected chi connectivity index (χ1v) is 5.30. The molecule has 0 fully saturated rings. The smallest absolute Gasteiger partial charge is 0.481 e. The van der Waals surface area contributed by atoms with Crippen LogP contribution >= 0.6 is 0 Å². The predicted molar refractivity (Wildman–Crippen MR) is 58.6 cm³/mol. The number of carboxylic acids is 1. The zero-order valence-electron chi connectivity index (χ0n) is 9.91. The molecule has 7 heteroatoms. The number of hydrogen-bond acceptors (Lipinski definition) is 3. The molecule has 1 aromatic rings. The van der Waals surface area contributed by atoms with Crippen molar-refractivity contribution >= 4 is 5.97 Å². The molecule has 0 aliphatic carbocycles. The number of benzene rings is 1. The first-order chi connectivity index (χ1) is 8.76. The van der Waals surface area contributed by atoms with Crippen LogP contribution in [0.1, 0.15) is 23.6 Å². The first-order valence-electron chi connectivity index (χ1n) is 5.30. The molecule has 0 saturated heterocycles. The third-order valence-electron chi connectivity index (χ3n) is 2.36. The molecule has 0 aromatic heterocycles. The summed E-state index contributed by atoms with van der Waals surface area (Å²) in [6, 6.07) is 3.94. The highest BCUT2D eigenvalue weighted by Gasteiger charge is 2.32. The van der Waals surface area contributed by atoms with Crippen LogP contribution in [0.15, 0.2) is 12.1 Å². The second kappa shape index (κ2) is 5.61. The van der Waals surface area contributed by atoms with Crippen LogP contribution < -0.4 is 4.74 Å². The Balaban J connectivity index is 3.29. The Morgan fingerprint density at radius 1 is 1.42 bits per heavy atom. The van der Waals surface area contributed by atoms with Crippen LogP contribution in [0, 0.1) is 11.3 Å². The van der Waals surface area contributed by atoms with Crippen molar-refractivity contribution in [2.75, 3.05) is 0 Å². The van der Waals surface area contributed by atoms with E-state index in [-0.39, 0.29) is 23.1 Å². The van der Waals surface area contributed by atoms with E-state index in [0.717, 1.165) is 6.07 Å². The summed E-state index contributed by atoms with van der Waals surface area (Å²) in [7, 11) is 0. The van der Waals surface area contributed by atoms with Crippen molar-refractivity contribution in [1.29, 1.82) is 5.26 Å². The van der Waals surface area contributed by atoms with Gasteiger partial charge in [0.05, 0.1) is 18.1 Å². The maximum absolute atomic E-state index is 12.2. The summed E-state index contributed by atoms with van der Waals surface area (Å²) < 4.78 is 40.5. The van der Waals surface area contributed by atoms with Gasteiger partial charge in [-0.2, -0.15) is 5.26 Å². The van der Waals surface area contributed by atoms with Gasteiger partial charge in [0.15, 0.2) is 0 Å². The van der Waals surface area contributed by atoms with Crippen LogP contribution in [0.25, 0.3) is 0 Å². The van der Waals surface area contributed by atoms with Gasteiger partial charge in [-0.3, -0.25) is 4.79 Å². The molecule has 19 heavy (non-hydrogen) atoms. The Morgan fingerprint density at radius 3 is 2.47 bits per heavy atom. The summed E-state index contributed by atoms with van der Waals surface area (Å²) in [5, 5.41) is 17.5. The fraction of sp³-hybridized carbons (Fsp3) is 0.333. The average Bonchev–Trinajstić information content (AvgIpc) is 2.26. The van der Waals surface area contributed by atoms with Gasteiger partial charge in [-0.1, -0.05) is 6.92 Å². The van der Waals surface area contributed by atoms with E-state index in [1.807, 2.05) is 0 Å². The molecular formula is C12H10F3NO3. The molecule has 0 radical (unpaired) electrons. The fourth-order valence-electron chi connectivity index (χ4n) is 1.58. The van der Waals surface area contributed by atoms with Crippen LogP contribution in [-0.4, -0.2) is 17.4 Å². The number of carbonyl (C=O) groups is 1. The Kier molecular flexibility index (Phi) is 4.38. The minimum absolute atomic E-state index is 0.00792. The third-order valence-corrected chi connectivity index (χ3v) is 2.36. The molecule has 0 atom stereocenters. The zero-order chi connectivity index (χ0) is 14.6. The summed E-state index contributed by atoms with van der Waals surface area (Å²) in [4.78, 5) is 10.6. The number of nitrogens with zero attached hydrogens (tertiary/aromatic N) is 1. The molecule has 0 heterocycles. The monoisotopic (exact) mass is 273 g/mol. The molecule has 102 valence electrons. The van der Waals surface area contributed by atoms with Gasteiger partial charge in [-0.25, -0.2) is 0 Å². The topological polar surface area (TPSA) is 70.3 Å². The molecule has 0 saturated carbocycles. The SMILES string of the molecule is CCc1cc(C#N)c(CC(=O)O)cc1OC(F)(F)F. The number of alkyl halides is 3. The van der Waals surface area contributed by atoms with Gasteiger partial charge in [0.25, 0.3) is 0 Å². The number of carboxylic acid groups (broad SMARTS) is 1. The van der Waals surface area contributed by atoms with Crippen LogP contribution in [0.3, 0.4) is 0 Å². The largest absolute Gasteiger partial charge is 0.573 e. The number of ether oxygens (including phenoxy) is 1. The maximum Gasteiger partial charge on any atom is 0.573 e. The second-order valence-electron chi connectivity index (χ2n) is 3.70. The molecule has 0 unspecified atom stereocenters. The number of halogens is 3. The molecule has 4 nitrogen and oxygen atoms in total. The molecule has 0 aliphatic rings. The van der Waals surface area contributed by atoms with Gasteiger partial charge in [-0.15, -0.1) is 13.2 Å². The summed E-state index contributed by atoms with van der Waals surface area (Å²) in [6.07, 6.45) is -5.17. The number of rotatable bonds is 4. The van der Waals surface area contributed by atoms with E-state index >= 15 is 0 Å². The van der Waals surface area contributed by atoms with Crippen molar-refractivity contribution in [3.63, 3.8) is 0 Å². The zero-order valence-corrected chi connectivity index (χ0v) is 9.91. The van der Waals surface area contributed by atoms with E-state index in [1.54, 1.807) is 13.0 Å². The Bertz CT molecular complexity index is 532. The van der Waals surface area contributed by atoms with Gasteiger partial charge in [0.2, 0.25) is 0 Å². The van der Waals surface area contributed by atoms with Gasteiger partial charge >= 0.3 is 12.3 Å². The molecule has 1 N–H and O–H groups in total. The van der Waals surface area contributed by atoms with Crippen molar-refractivity contribution in [2.45, 2.75) is 26.1 Å². The van der Waals surface area contributed by atoms with Crippen molar-refractivity contribution in [2.24, 2.45) is 0 Å².